The molecule has 11 heteroatoms. The highest BCUT2D eigenvalue weighted by Crippen LogP contribution is 2.28. The number of hydrogen-bond donors (Lipinski definition) is 2. The Morgan fingerprint density at radius 2 is 1.06 bits per heavy atom. The van der Waals surface area contributed by atoms with Crippen molar-refractivity contribution in [2.24, 2.45) is 0 Å². The normalized spacial score (nSPS) is 12.0. The van der Waals surface area contributed by atoms with Crippen molar-refractivity contribution >= 4 is 29.4 Å². The third-order valence-electron chi connectivity index (χ3n) is 8.14. The Morgan fingerprint density at radius 3 is 1.51 bits per heavy atom. The van der Waals surface area contributed by atoms with E-state index >= 15 is 0 Å². The maximum atomic E-state index is 13.9. The van der Waals surface area contributed by atoms with Crippen LogP contribution in [0.2, 0.25) is 0 Å². The lowest BCUT2D eigenvalue weighted by molar-refractivity contribution is -0.0992. The quantitative estimate of drug-likeness (QED) is 0.0586. The summed E-state index contributed by atoms with van der Waals surface area (Å²) in [7, 11) is 1.46. The van der Waals surface area contributed by atoms with Gasteiger partial charge in [-0.1, -0.05) is 56.5 Å². The van der Waals surface area contributed by atoms with Crippen LogP contribution < -0.4 is 15.4 Å². The van der Waals surface area contributed by atoms with E-state index in [2.05, 4.69) is 10.6 Å². The summed E-state index contributed by atoms with van der Waals surface area (Å²) in [6.45, 7) is 10.1. The molecular formula is C42H48N2O9. The molecule has 4 rings (SSSR count). The highest BCUT2D eigenvalue weighted by Gasteiger charge is 2.24. The smallest absolute Gasteiger partial charge is 0.341 e. The molecule has 0 saturated heterocycles. The second-order valence-corrected chi connectivity index (χ2v) is 12.4. The highest BCUT2D eigenvalue weighted by molar-refractivity contribution is 6.12. The minimum atomic E-state index is -0.840. The van der Waals surface area contributed by atoms with Crippen LogP contribution in [0.4, 0.5) is 5.69 Å². The van der Waals surface area contributed by atoms with Crippen molar-refractivity contribution in [2.75, 3.05) is 25.6 Å². The molecule has 0 heterocycles. The van der Waals surface area contributed by atoms with E-state index < -0.39 is 36.3 Å². The van der Waals surface area contributed by atoms with Gasteiger partial charge in [0.15, 0.2) is 12.6 Å². The molecule has 0 aromatic heterocycles. The zero-order chi connectivity index (χ0) is 38.3. The van der Waals surface area contributed by atoms with Gasteiger partial charge in [0, 0.05) is 12.7 Å². The van der Waals surface area contributed by atoms with Crippen molar-refractivity contribution in [1.82, 2.24) is 5.32 Å². The van der Waals surface area contributed by atoms with Gasteiger partial charge in [0.1, 0.15) is 11.5 Å². The molecule has 0 aliphatic rings. The summed E-state index contributed by atoms with van der Waals surface area (Å²) in [5.74, 6) is -1.30. The Kier molecular flexibility index (Phi) is 15.1. The number of benzene rings is 4. The molecule has 0 radical (unpaired) electrons. The molecular weight excluding hydrogens is 676 g/mol. The summed E-state index contributed by atoms with van der Waals surface area (Å²) in [4.78, 5) is 53.4. The third-order valence-corrected chi connectivity index (χ3v) is 8.14. The number of carbonyl (C=O) groups is 4. The van der Waals surface area contributed by atoms with Gasteiger partial charge in [0.05, 0.1) is 35.5 Å². The van der Waals surface area contributed by atoms with Gasteiger partial charge in [-0.25, -0.2) is 9.59 Å². The van der Waals surface area contributed by atoms with Crippen LogP contribution in [0.15, 0.2) is 84.9 Å². The molecule has 11 nitrogen and oxygen atoms in total. The summed E-state index contributed by atoms with van der Waals surface area (Å²) in [6.07, 6.45) is 1.82. The summed E-state index contributed by atoms with van der Waals surface area (Å²) in [6, 6.07) is 23.8. The minimum Gasteiger partial charge on any atom is -0.457 e. The van der Waals surface area contributed by atoms with Crippen molar-refractivity contribution < 1.29 is 42.9 Å². The maximum absolute atomic E-state index is 13.9. The van der Waals surface area contributed by atoms with Crippen molar-refractivity contribution in [2.45, 2.75) is 72.9 Å². The lowest BCUT2D eigenvalue weighted by Gasteiger charge is -2.17. The second-order valence-electron chi connectivity index (χ2n) is 12.4. The average Bonchev–Trinajstić information content (AvgIpc) is 3.15. The van der Waals surface area contributed by atoms with Gasteiger partial charge in [0.2, 0.25) is 0 Å². The summed E-state index contributed by atoms with van der Waals surface area (Å²) in [5.41, 5.74) is 2.74. The Hall–Kier alpha value is -5.52. The van der Waals surface area contributed by atoms with E-state index in [0.29, 0.717) is 41.5 Å². The first kappa shape index (κ1) is 40.3. The second kappa shape index (κ2) is 19.9. The molecule has 0 fully saturated rings. The number of esters is 2. The lowest BCUT2D eigenvalue weighted by atomic mass is 9.95. The van der Waals surface area contributed by atoms with Gasteiger partial charge in [-0.3, -0.25) is 9.59 Å². The number of unbranched alkanes of at least 4 members (excludes halogenated alkanes) is 2. The van der Waals surface area contributed by atoms with Gasteiger partial charge >= 0.3 is 11.9 Å². The number of carbonyl (C=O) groups excluding carboxylic acids is 4. The van der Waals surface area contributed by atoms with Gasteiger partial charge in [0.25, 0.3) is 11.8 Å². The van der Waals surface area contributed by atoms with Gasteiger partial charge < -0.3 is 34.3 Å². The molecule has 2 unspecified atom stereocenters. The first-order valence-corrected chi connectivity index (χ1v) is 17.8. The fourth-order valence-electron chi connectivity index (χ4n) is 5.14. The van der Waals surface area contributed by atoms with Gasteiger partial charge in [-0.2, -0.15) is 0 Å². The van der Waals surface area contributed by atoms with Crippen LogP contribution in [-0.4, -0.2) is 56.6 Å². The van der Waals surface area contributed by atoms with E-state index in [1.807, 2.05) is 45.0 Å². The van der Waals surface area contributed by atoms with Crippen LogP contribution in [0, 0.1) is 6.92 Å². The lowest BCUT2D eigenvalue weighted by Crippen LogP contribution is -2.24. The van der Waals surface area contributed by atoms with E-state index in [9.17, 15) is 19.2 Å². The fourth-order valence-corrected chi connectivity index (χ4v) is 5.14. The standard InChI is InChI=1S/C42H48N2O9/c1-7-9-23-49-28(4)51-41(47)35-21-13-30(25-37(35)39(45)43-6)31-14-22-36(42(48)52-29(5)50-24-10-8-2)38(26-31)40(46)44-32-15-19-34(20-16-32)53-33-17-11-27(3)12-18-33/h11-22,25-26,28-29H,7-10,23-24H2,1-6H3,(H,43,45)(H,44,46). The number of rotatable bonds is 18. The molecule has 0 spiro atoms. The van der Waals surface area contributed by atoms with Crippen LogP contribution in [-0.2, 0) is 18.9 Å². The topological polar surface area (TPSA) is 138 Å². The first-order valence-electron chi connectivity index (χ1n) is 17.8. The van der Waals surface area contributed by atoms with Crippen LogP contribution >= 0.6 is 0 Å². The van der Waals surface area contributed by atoms with E-state index in [1.54, 1.807) is 50.2 Å². The van der Waals surface area contributed by atoms with Crippen LogP contribution in [0.25, 0.3) is 11.1 Å². The molecule has 0 saturated carbocycles. The first-order chi connectivity index (χ1) is 25.5. The van der Waals surface area contributed by atoms with Gasteiger partial charge in [-0.15, -0.1) is 0 Å². The molecule has 280 valence electrons. The summed E-state index contributed by atoms with van der Waals surface area (Å²) < 4.78 is 28.1. The Morgan fingerprint density at radius 1 is 0.604 bits per heavy atom. The van der Waals surface area contributed by atoms with Crippen molar-refractivity contribution in [1.29, 1.82) is 0 Å². The number of aryl methyl sites for hydroxylation is 1. The summed E-state index contributed by atoms with van der Waals surface area (Å²) >= 11 is 0. The average molecular weight is 725 g/mol. The summed E-state index contributed by atoms with van der Waals surface area (Å²) in [5, 5.41) is 5.42. The third kappa shape index (κ3) is 11.7. The highest BCUT2D eigenvalue weighted by atomic mass is 16.7. The molecule has 0 bridgehead atoms. The van der Waals surface area contributed by atoms with Crippen molar-refractivity contribution in [3.8, 4) is 22.6 Å². The monoisotopic (exact) mass is 724 g/mol. The van der Waals surface area contributed by atoms with Crippen LogP contribution in [0.5, 0.6) is 11.5 Å². The predicted molar refractivity (Wildman–Crippen MR) is 202 cm³/mol. The van der Waals surface area contributed by atoms with E-state index in [4.69, 9.17) is 23.7 Å². The Bertz CT molecular complexity index is 1860. The maximum Gasteiger partial charge on any atom is 0.341 e. The van der Waals surface area contributed by atoms with Gasteiger partial charge in [-0.05, 0) is 105 Å². The SMILES string of the molecule is CCCCOC(C)OC(=O)c1ccc(-c2ccc(C(=O)OC(C)OCCCC)c(C(=O)Nc3ccc(Oc4ccc(C)cc4)cc3)c2)cc1C(=O)NC. The van der Waals surface area contributed by atoms with E-state index in [-0.39, 0.29) is 22.3 Å². The minimum absolute atomic E-state index is 0.0142. The predicted octanol–water partition coefficient (Wildman–Crippen LogP) is 8.71. The van der Waals surface area contributed by atoms with E-state index in [1.165, 1.54) is 31.3 Å². The number of amides is 2. The molecule has 4 aromatic carbocycles. The van der Waals surface area contributed by atoms with Crippen molar-refractivity contribution in [3.63, 3.8) is 0 Å². The molecule has 2 atom stereocenters. The molecule has 4 aromatic rings. The van der Waals surface area contributed by atoms with E-state index in [0.717, 1.165) is 31.2 Å². The van der Waals surface area contributed by atoms with Crippen LogP contribution in [0.1, 0.15) is 100 Å². The number of ether oxygens (including phenoxy) is 5. The number of nitrogens with one attached hydrogen (secondary N) is 2. The molecule has 2 N–H and O–H groups in total. The number of hydrogen-bond acceptors (Lipinski definition) is 9. The Balaban J connectivity index is 1.64. The fraction of sp³-hybridized carbons (Fsp3) is 0.333. The van der Waals surface area contributed by atoms with Crippen LogP contribution in [0.3, 0.4) is 0 Å². The molecule has 0 aliphatic carbocycles. The van der Waals surface area contributed by atoms with Crippen molar-refractivity contribution in [3.05, 3.63) is 113 Å². The zero-order valence-electron chi connectivity index (χ0n) is 31.2. The molecule has 53 heavy (non-hydrogen) atoms. The number of anilines is 1. The molecule has 2 amide bonds. The largest absolute Gasteiger partial charge is 0.457 e. The zero-order valence-corrected chi connectivity index (χ0v) is 31.2. The Labute approximate surface area is 310 Å². The molecule has 0 aliphatic heterocycles.